The van der Waals surface area contributed by atoms with E-state index in [0.29, 0.717) is 11.0 Å². The molecule has 0 atom stereocenters. The molecule has 0 unspecified atom stereocenters. The number of carboxylic acids is 1. The van der Waals surface area contributed by atoms with E-state index < -0.39 is 5.97 Å². The zero-order chi connectivity index (χ0) is 9.42. The first kappa shape index (κ1) is 8.07. The van der Waals surface area contributed by atoms with Crippen LogP contribution in [0.5, 0.6) is 0 Å². The van der Waals surface area contributed by atoms with Crippen LogP contribution in [0.15, 0.2) is 22.9 Å². The van der Waals surface area contributed by atoms with E-state index in [0.717, 1.165) is 0 Å². The van der Waals surface area contributed by atoms with Gasteiger partial charge in [0, 0.05) is 5.39 Å². The first-order chi connectivity index (χ1) is 6.20. The van der Waals surface area contributed by atoms with Gasteiger partial charge >= 0.3 is 5.97 Å². The van der Waals surface area contributed by atoms with Gasteiger partial charge in [-0.05, 0) is 12.1 Å². The summed E-state index contributed by atoms with van der Waals surface area (Å²) >= 11 is 5.76. The summed E-state index contributed by atoms with van der Waals surface area (Å²) in [4.78, 5) is 10.6. The number of hydrogen-bond acceptors (Lipinski definition) is 3. The monoisotopic (exact) mass is 197 g/mol. The number of rotatable bonds is 1. The molecule has 0 bridgehead atoms. The lowest BCUT2D eigenvalue weighted by Gasteiger charge is -1.96. The third kappa shape index (κ3) is 1.15. The van der Waals surface area contributed by atoms with Crippen LogP contribution < -0.4 is 0 Å². The maximum absolute atomic E-state index is 10.6. The molecule has 1 N–H and O–H groups in total. The molecule has 0 aliphatic rings. The molecule has 0 aliphatic heterocycles. The van der Waals surface area contributed by atoms with Gasteiger partial charge in [-0.1, -0.05) is 16.8 Å². The molecule has 1 aromatic carbocycles. The predicted octanol–water partition coefficient (Wildman–Crippen LogP) is 2.18. The molecule has 0 amide bonds. The lowest BCUT2D eigenvalue weighted by Crippen LogP contribution is -1.96. The van der Waals surface area contributed by atoms with E-state index in [1.54, 1.807) is 6.07 Å². The molecule has 5 heteroatoms. The molecular weight excluding hydrogens is 194 g/mol. The van der Waals surface area contributed by atoms with Crippen molar-refractivity contribution in [1.82, 2.24) is 5.16 Å². The fourth-order valence-corrected chi connectivity index (χ4v) is 1.35. The number of benzene rings is 1. The Morgan fingerprint density at radius 1 is 1.54 bits per heavy atom. The summed E-state index contributed by atoms with van der Waals surface area (Å²) in [6.07, 6.45) is 1.48. The normalized spacial score (nSPS) is 10.5. The number of hydrogen-bond donors (Lipinski definition) is 1. The van der Waals surface area contributed by atoms with Crippen LogP contribution in [0.25, 0.3) is 11.0 Å². The van der Waals surface area contributed by atoms with Gasteiger partial charge in [0.1, 0.15) is 5.02 Å². The Morgan fingerprint density at radius 3 is 3.00 bits per heavy atom. The Balaban J connectivity index is 2.80. The lowest BCUT2D eigenvalue weighted by atomic mass is 10.2. The van der Waals surface area contributed by atoms with Crippen molar-refractivity contribution in [2.75, 3.05) is 0 Å². The standard InChI is InChI=1S/C8H4ClNO3/c9-6-5(8(11)12)2-1-4-3-10-13-7(4)6/h1-3H,(H,11,12). The summed E-state index contributed by atoms with van der Waals surface area (Å²) in [5, 5.41) is 13.0. The van der Waals surface area contributed by atoms with Crippen LogP contribution in [-0.2, 0) is 0 Å². The van der Waals surface area contributed by atoms with E-state index in [1.807, 2.05) is 0 Å². The Bertz CT molecular complexity index is 477. The topological polar surface area (TPSA) is 63.3 Å². The summed E-state index contributed by atoms with van der Waals surface area (Å²) < 4.78 is 4.79. The van der Waals surface area contributed by atoms with E-state index in [9.17, 15) is 4.79 Å². The number of aromatic nitrogens is 1. The van der Waals surface area contributed by atoms with Gasteiger partial charge in [0.05, 0.1) is 11.8 Å². The minimum Gasteiger partial charge on any atom is -0.478 e. The molecular formula is C8H4ClNO3. The Morgan fingerprint density at radius 2 is 2.31 bits per heavy atom. The highest BCUT2D eigenvalue weighted by Crippen LogP contribution is 2.26. The Kier molecular flexibility index (Phi) is 1.70. The van der Waals surface area contributed by atoms with Crippen molar-refractivity contribution in [3.05, 3.63) is 28.9 Å². The lowest BCUT2D eigenvalue weighted by molar-refractivity contribution is 0.0697. The summed E-state index contributed by atoms with van der Waals surface area (Å²) in [5.41, 5.74) is 0.326. The summed E-state index contributed by atoms with van der Waals surface area (Å²) in [6, 6.07) is 3.02. The molecule has 4 nitrogen and oxygen atoms in total. The van der Waals surface area contributed by atoms with Crippen LogP contribution in [0, 0.1) is 0 Å². The smallest absolute Gasteiger partial charge is 0.337 e. The largest absolute Gasteiger partial charge is 0.478 e. The second-order valence-corrected chi connectivity index (χ2v) is 2.85. The highest BCUT2D eigenvalue weighted by molar-refractivity contribution is 6.37. The molecule has 0 saturated carbocycles. The molecule has 2 rings (SSSR count). The van der Waals surface area contributed by atoms with Crippen molar-refractivity contribution in [3.8, 4) is 0 Å². The van der Waals surface area contributed by atoms with Crippen LogP contribution in [0.4, 0.5) is 0 Å². The Labute approximate surface area is 77.7 Å². The first-order valence-corrected chi connectivity index (χ1v) is 3.84. The zero-order valence-corrected chi connectivity index (χ0v) is 7.08. The van der Waals surface area contributed by atoms with Crippen LogP contribution in [0.3, 0.4) is 0 Å². The third-order valence-electron chi connectivity index (χ3n) is 1.69. The van der Waals surface area contributed by atoms with Gasteiger partial charge in [-0.2, -0.15) is 0 Å². The minimum absolute atomic E-state index is 0.0194. The quantitative estimate of drug-likeness (QED) is 0.761. The first-order valence-electron chi connectivity index (χ1n) is 3.46. The van der Waals surface area contributed by atoms with Gasteiger partial charge < -0.3 is 9.63 Å². The zero-order valence-electron chi connectivity index (χ0n) is 6.32. The maximum Gasteiger partial charge on any atom is 0.337 e. The van der Waals surface area contributed by atoms with E-state index in [4.69, 9.17) is 21.2 Å². The van der Waals surface area contributed by atoms with Crippen LogP contribution >= 0.6 is 11.6 Å². The maximum atomic E-state index is 10.6. The van der Waals surface area contributed by atoms with Gasteiger partial charge in [-0.25, -0.2) is 4.79 Å². The van der Waals surface area contributed by atoms with Crippen molar-refractivity contribution >= 4 is 28.5 Å². The van der Waals surface area contributed by atoms with Crippen molar-refractivity contribution in [3.63, 3.8) is 0 Å². The molecule has 66 valence electrons. The number of nitrogens with zero attached hydrogens (tertiary/aromatic N) is 1. The SMILES string of the molecule is O=C(O)c1ccc2cnoc2c1Cl. The van der Waals surface area contributed by atoms with E-state index in [-0.39, 0.29) is 10.6 Å². The number of carbonyl (C=O) groups is 1. The van der Waals surface area contributed by atoms with Crippen molar-refractivity contribution in [1.29, 1.82) is 0 Å². The van der Waals surface area contributed by atoms with Crippen molar-refractivity contribution < 1.29 is 14.4 Å². The van der Waals surface area contributed by atoms with Crippen LogP contribution in [0.2, 0.25) is 5.02 Å². The molecule has 1 heterocycles. The summed E-state index contributed by atoms with van der Waals surface area (Å²) in [5.74, 6) is -1.08. The number of aromatic carboxylic acids is 1. The minimum atomic E-state index is -1.08. The fraction of sp³-hybridized carbons (Fsp3) is 0. The Hall–Kier alpha value is -1.55. The molecule has 0 fully saturated rings. The highest BCUT2D eigenvalue weighted by atomic mass is 35.5. The van der Waals surface area contributed by atoms with Crippen molar-refractivity contribution in [2.24, 2.45) is 0 Å². The van der Waals surface area contributed by atoms with Crippen LogP contribution in [-0.4, -0.2) is 16.2 Å². The molecule has 0 aliphatic carbocycles. The van der Waals surface area contributed by atoms with Crippen molar-refractivity contribution in [2.45, 2.75) is 0 Å². The van der Waals surface area contributed by atoms with E-state index in [1.165, 1.54) is 12.3 Å². The van der Waals surface area contributed by atoms with Crippen LogP contribution in [0.1, 0.15) is 10.4 Å². The third-order valence-corrected chi connectivity index (χ3v) is 2.07. The highest BCUT2D eigenvalue weighted by Gasteiger charge is 2.13. The van der Waals surface area contributed by atoms with Gasteiger partial charge in [0.15, 0.2) is 5.58 Å². The van der Waals surface area contributed by atoms with Gasteiger partial charge in [-0.3, -0.25) is 0 Å². The summed E-state index contributed by atoms with van der Waals surface area (Å²) in [6.45, 7) is 0. The molecule has 0 spiro atoms. The predicted molar refractivity (Wildman–Crippen MR) is 46.0 cm³/mol. The fourth-order valence-electron chi connectivity index (χ4n) is 1.07. The summed E-state index contributed by atoms with van der Waals surface area (Å²) in [7, 11) is 0. The molecule has 13 heavy (non-hydrogen) atoms. The van der Waals surface area contributed by atoms with Gasteiger partial charge in [-0.15, -0.1) is 0 Å². The molecule has 1 aromatic heterocycles. The molecule has 0 saturated heterocycles. The number of carboxylic acid groups (broad SMARTS) is 1. The second-order valence-electron chi connectivity index (χ2n) is 2.48. The molecule has 2 aromatic rings. The second kappa shape index (κ2) is 2.74. The molecule has 0 radical (unpaired) electrons. The van der Waals surface area contributed by atoms with E-state index in [2.05, 4.69) is 5.16 Å². The van der Waals surface area contributed by atoms with Gasteiger partial charge in [0.25, 0.3) is 0 Å². The van der Waals surface area contributed by atoms with E-state index >= 15 is 0 Å². The van der Waals surface area contributed by atoms with Gasteiger partial charge in [0.2, 0.25) is 0 Å². The average molecular weight is 198 g/mol. The average Bonchev–Trinajstić information content (AvgIpc) is 2.52. The number of fused-ring (bicyclic) bond motifs is 1. The number of halogens is 1.